The van der Waals surface area contributed by atoms with Crippen LogP contribution in [-0.4, -0.2) is 31.9 Å². The van der Waals surface area contributed by atoms with Gasteiger partial charge in [0.15, 0.2) is 11.5 Å². The van der Waals surface area contributed by atoms with Crippen molar-refractivity contribution in [2.45, 2.75) is 38.7 Å². The van der Waals surface area contributed by atoms with Gasteiger partial charge in [-0.15, -0.1) is 0 Å². The first-order valence-corrected chi connectivity index (χ1v) is 8.17. The zero-order valence-corrected chi connectivity index (χ0v) is 14.5. The fourth-order valence-corrected chi connectivity index (χ4v) is 2.42. The molecule has 0 amide bonds. The van der Waals surface area contributed by atoms with E-state index in [4.69, 9.17) is 22.4 Å². The van der Waals surface area contributed by atoms with Crippen molar-refractivity contribution in [3.8, 4) is 17.2 Å². The van der Waals surface area contributed by atoms with Gasteiger partial charge in [-0.2, -0.15) is 0 Å². The molecule has 0 heterocycles. The minimum Gasteiger partial charge on any atom is -0.493 e. The summed E-state index contributed by atoms with van der Waals surface area (Å²) in [6, 6.07) is 11.7. The van der Waals surface area contributed by atoms with E-state index >= 15 is 0 Å². The molecule has 0 spiro atoms. The summed E-state index contributed by atoms with van der Waals surface area (Å²) in [5, 5.41) is 10.4. The highest BCUT2D eigenvalue weighted by Gasteiger charge is 2.07. The molecule has 2 rings (SSSR count). The Balaban J connectivity index is 1.92. The fourth-order valence-electron chi connectivity index (χ4n) is 2.42. The summed E-state index contributed by atoms with van der Waals surface area (Å²) in [6.07, 6.45) is -1.02. The van der Waals surface area contributed by atoms with Crippen molar-refractivity contribution < 1.29 is 27.5 Å². The normalized spacial score (nSPS) is 17.7. The molecule has 25 heavy (non-hydrogen) atoms. The van der Waals surface area contributed by atoms with Crippen molar-refractivity contribution in [2.24, 2.45) is 0 Å². The second-order valence-electron chi connectivity index (χ2n) is 5.76. The first-order valence-electron chi connectivity index (χ1n) is 11.2. The van der Waals surface area contributed by atoms with Crippen molar-refractivity contribution in [3.63, 3.8) is 0 Å². The molecule has 1 unspecified atom stereocenters. The van der Waals surface area contributed by atoms with Crippen molar-refractivity contribution in [1.29, 1.82) is 0 Å². The number of methoxy groups -OCH3 is 2. The van der Waals surface area contributed by atoms with Gasteiger partial charge in [-0.1, -0.05) is 24.6 Å². The molecule has 0 radical (unpaired) electrons. The molecule has 0 saturated heterocycles. The maximum Gasteiger partial charge on any atom is 0.160 e. The molecule has 0 aliphatic carbocycles. The van der Waals surface area contributed by atoms with Crippen LogP contribution in [-0.2, 0) is 6.42 Å². The maximum absolute atomic E-state index is 10.4. The zero-order valence-electron chi connectivity index (χ0n) is 20.5. The van der Waals surface area contributed by atoms with Crippen LogP contribution < -0.4 is 14.2 Å². The van der Waals surface area contributed by atoms with Crippen molar-refractivity contribution in [1.82, 2.24) is 0 Å². The van der Waals surface area contributed by atoms with E-state index in [0.29, 0.717) is 25.0 Å². The molecule has 2 aromatic rings. The number of ether oxygens (including phenoxy) is 3. The van der Waals surface area contributed by atoms with E-state index < -0.39 is 19.7 Å². The van der Waals surface area contributed by atoms with E-state index in [9.17, 15) is 5.11 Å². The molecule has 1 N–H and O–H groups in total. The van der Waals surface area contributed by atoms with Gasteiger partial charge in [0.25, 0.3) is 0 Å². The highest BCUT2D eigenvalue weighted by Crippen LogP contribution is 2.28. The van der Waals surface area contributed by atoms with Gasteiger partial charge < -0.3 is 19.3 Å². The van der Waals surface area contributed by atoms with E-state index in [2.05, 4.69) is 0 Å². The van der Waals surface area contributed by atoms with Crippen LogP contribution in [0.4, 0.5) is 0 Å². The number of hydrogen-bond donors (Lipinski definition) is 1. The lowest BCUT2D eigenvalue weighted by molar-refractivity contribution is 0.0976. The number of unbranched alkanes of at least 4 members (excludes halogenated alkanes) is 1. The molecule has 4 heteroatoms. The molecular formula is C21H28O4. The maximum atomic E-state index is 10.4. The third kappa shape index (κ3) is 6.31. The minimum absolute atomic E-state index is 0.119. The Hall–Kier alpha value is -2.20. The van der Waals surface area contributed by atoms with Crippen LogP contribution in [0.2, 0.25) is 0 Å². The van der Waals surface area contributed by atoms with Gasteiger partial charge in [-0.25, -0.2) is 0 Å². The summed E-state index contributed by atoms with van der Waals surface area (Å²) in [4.78, 5) is 0. The first kappa shape index (κ1) is 12.2. The molecule has 1 atom stereocenters. The van der Waals surface area contributed by atoms with Gasteiger partial charge in [0.05, 0.1) is 28.5 Å². The summed E-state index contributed by atoms with van der Waals surface area (Å²) in [7, 11) is -1.16. The van der Waals surface area contributed by atoms with Gasteiger partial charge >= 0.3 is 0 Å². The average Bonchev–Trinajstić information content (AvgIpc) is 2.64. The first-order chi connectivity index (χ1) is 14.3. The molecule has 136 valence electrons. The van der Waals surface area contributed by atoms with Crippen LogP contribution in [0.25, 0.3) is 0 Å². The molecule has 2 aromatic carbocycles. The Labute approximate surface area is 158 Å². The Bertz CT molecular complexity index is 867. The molecule has 0 aliphatic rings. The van der Waals surface area contributed by atoms with Crippen LogP contribution in [0.5, 0.6) is 17.2 Å². The standard InChI is InChI=1S/C21H28O4/c1-16-7-6-10-19(13-16)25-15-18(22)9-5-4-8-17-11-12-20(23-2)21(14-17)24-3/h6-7,10-14,18,22H,4-5,8-9,15H2,1-3H3/i2D3,15D2,18D. The summed E-state index contributed by atoms with van der Waals surface area (Å²) < 4.78 is 61.0. The monoisotopic (exact) mass is 350 g/mol. The SMILES string of the molecule is [2H]C([2H])([2H])Oc1ccc(CCCCC([2H])(O)C([2H])([2H])Oc2cccc(C)c2)cc1OC. The summed E-state index contributed by atoms with van der Waals surface area (Å²) in [5.41, 5.74) is 1.75. The minimum atomic E-state index is -2.59. The number of rotatable bonds is 10. The van der Waals surface area contributed by atoms with Crippen LogP contribution in [0.15, 0.2) is 42.5 Å². The number of hydrogen-bond acceptors (Lipinski definition) is 4. The Kier molecular flexibility index (Phi) is 4.85. The van der Waals surface area contributed by atoms with Crippen molar-refractivity contribution in [2.75, 3.05) is 20.7 Å². The molecule has 0 aromatic heterocycles. The van der Waals surface area contributed by atoms with Crippen LogP contribution >= 0.6 is 0 Å². The lowest BCUT2D eigenvalue weighted by Crippen LogP contribution is -2.17. The second-order valence-corrected chi connectivity index (χ2v) is 5.76. The summed E-state index contributed by atoms with van der Waals surface area (Å²) >= 11 is 0. The smallest absolute Gasteiger partial charge is 0.160 e. The zero-order chi connectivity index (χ0) is 23.3. The molecule has 0 saturated carbocycles. The Morgan fingerprint density at radius 3 is 2.80 bits per heavy atom. The van der Waals surface area contributed by atoms with Gasteiger partial charge in [-0.05, 0) is 61.6 Å². The van der Waals surface area contributed by atoms with Crippen LogP contribution in [0.1, 0.15) is 38.6 Å². The molecule has 4 nitrogen and oxygen atoms in total. The third-order valence-corrected chi connectivity index (χ3v) is 3.74. The van der Waals surface area contributed by atoms with Gasteiger partial charge in [-0.3, -0.25) is 0 Å². The van der Waals surface area contributed by atoms with E-state index in [1.165, 1.54) is 13.2 Å². The van der Waals surface area contributed by atoms with Gasteiger partial charge in [0.1, 0.15) is 12.3 Å². The topological polar surface area (TPSA) is 47.9 Å². The quantitative estimate of drug-likeness (QED) is 0.654. The van der Waals surface area contributed by atoms with Crippen molar-refractivity contribution in [3.05, 3.63) is 53.6 Å². The predicted octanol–water partition coefficient (Wildman–Crippen LogP) is 4.16. The second kappa shape index (κ2) is 9.94. The summed E-state index contributed by atoms with van der Waals surface area (Å²) in [5.74, 6) is 0.670. The predicted molar refractivity (Wildman–Crippen MR) is 99.8 cm³/mol. The van der Waals surface area contributed by atoms with E-state index in [-0.39, 0.29) is 17.9 Å². The largest absolute Gasteiger partial charge is 0.493 e. The molecular weight excluding hydrogens is 316 g/mol. The Morgan fingerprint density at radius 1 is 1.16 bits per heavy atom. The number of benzene rings is 2. The lowest BCUT2D eigenvalue weighted by Gasteiger charge is -2.13. The van der Waals surface area contributed by atoms with Gasteiger partial charge in [0, 0.05) is 0 Å². The van der Waals surface area contributed by atoms with Crippen LogP contribution in [0, 0.1) is 6.92 Å². The van der Waals surface area contributed by atoms with Crippen LogP contribution in [0.3, 0.4) is 0 Å². The van der Waals surface area contributed by atoms with E-state index in [1.54, 1.807) is 30.3 Å². The summed E-state index contributed by atoms with van der Waals surface area (Å²) in [6.45, 7) is -0.746. The number of aryl methyl sites for hydroxylation is 2. The highest BCUT2D eigenvalue weighted by molar-refractivity contribution is 5.42. The third-order valence-electron chi connectivity index (χ3n) is 3.74. The van der Waals surface area contributed by atoms with E-state index in [1.807, 2.05) is 13.0 Å². The lowest BCUT2D eigenvalue weighted by atomic mass is 10.0. The average molecular weight is 350 g/mol. The number of aliphatic hydroxyl groups is 1. The fraction of sp³-hybridized carbons (Fsp3) is 0.429. The highest BCUT2D eigenvalue weighted by atomic mass is 16.5. The van der Waals surface area contributed by atoms with E-state index in [0.717, 1.165) is 11.1 Å². The molecule has 0 bridgehead atoms. The molecule has 0 aliphatic heterocycles. The Morgan fingerprint density at radius 2 is 2.04 bits per heavy atom. The van der Waals surface area contributed by atoms with Crippen molar-refractivity contribution >= 4 is 0 Å². The molecule has 0 fully saturated rings. The van der Waals surface area contributed by atoms with Gasteiger partial charge in [0.2, 0.25) is 0 Å².